The first-order chi connectivity index (χ1) is 10.5. The van der Waals surface area contributed by atoms with Gasteiger partial charge in [-0.2, -0.15) is 0 Å². The number of thiazole rings is 1. The van der Waals surface area contributed by atoms with Gasteiger partial charge in [-0.25, -0.2) is 17.8 Å². The van der Waals surface area contributed by atoms with E-state index >= 15 is 0 Å². The lowest BCUT2D eigenvalue weighted by Crippen LogP contribution is -2.05. The van der Waals surface area contributed by atoms with Gasteiger partial charge in [-0.1, -0.05) is 30.3 Å². The lowest BCUT2D eigenvalue weighted by Gasteiger charge is -2.01. The van der Waals surface area contributed by atoms with E-state index in [0.29, 0.717) is 16.3 Å². The molecule has 1 heterocycles. The molecule has 22 heavy (non-hydrogen) atoms. The Morgan fingerprint density at radius 1 is 1.05 bits per heavy atom. The molecule has 3 nitrogen and oxygen atoms in total. The molecule has 0 amide bonds. The molecule has 0 radical (unpaired) electrons. The van der Waals surface area contributed by atoms with Crippen molar-refractivity contribution in [3.8, 4) is 10.6 Å². The summed E-state index contributed by atoms with van der Waals surface area (Å²) in [7, 11) is -3.42. The van der Waals surface area contributed by atoms with Crippen LogP contribution in [0.4, 0.5) is 4.39 Å². The zero-order valence-corrected chi connectivity index (χ0v) is 13.1. The van der Waals surface area contributed by atoms with Gasteiger partial charge < -0.3 is 0 Å². The smallest absolute Gasteiger partial charge is 0.184 e. The SMILES string of the molecule is O=S(=O)(Cc1csc(-c2cccc(F)c2)n1)c1ccccc1. The van der Waals surface area contributed by atoms with Crippen LogP contribution >= 0.6 is 11.3 Å². The standard InChI is InChI=1S/C16H12FNO2S2/c17-13-6-4-5-12(9-13)16-18-14(10-21-16)11-22(19,20)15-7-2-1-3-8-15/h1-10H,11H2. The Bertz CT molecular complexity index is 889. The first-order valence-corrected chi connectivity index (χ1v) is 9.06. The molecule has 2 aromatic carbocycles. The average Bonchev–Trinajstić information content (AvgIpc) is 2.96. The number of nitrogens with zero attached hydrogens (tertiary/aromatic N) is 1. The quantitative estimate of drug-likeness (QED) is 0.727. The summed E-state index contributed by atoms with van der Waals surface area (Å²) in [6.07, 6.45) is 0. The maximum Gasteiger partial charge on any atom is 0.184 e. The topological polar surface area (TPSA) is 47.0 Å². The van der Waals surface area contributed by atoms with E-state index in [1.54, 1.807) is 47.8 Å². The lowest BCUT2D eigenvalue weighted by atomic mass is 10.2. The predicted molar refractivity (Wildman–Crippen MR) is 84.8 cm³/mol. The number of benzene rings is 2. The highest BCUT2D eigenvalue weighted by Crippen LogP contribution is 2.26. The molecule has 0 aliphatic rings. The maximum atomic E-state index is 13.2. The molecule has 0 unspecified atom stereocenters. The summed E-state index contributed by atoms with van der Waals surface area (Å²) in [4.78, 5) is 4.58. The number of sulfone groups is 1. The maximum absolute atomic E-state index is 13.2. The number of hydrogen-bond donors (Lipinski definition) is 0. The third-order valence-electron chi connectivity index (χ3n) is 3.06. The molecule has 0 saturated heterocycles. The summed E-state index contributed by atoms with van der Waals surface area (Å²) in [5, 5.41) is 2.30. The van der Waals surface area contributed by atoms with Crippen LogP contribution in [-0.4, -0.2) is 13.4 Å². The average molecular weight is 333 g/mol. The Hall–Kier alpha value is -2.05. The van der Waals surface area contributed by atoms with E-state index in [-0.39, 0.29) is 16.5 Å². The summed E-state index contributed by atoms with van der Waals surface area (Å²) in [5.74, 6) is -0.505. The van der Waals surface area contributed by atoms with Crippen LogP contribution in [0.2, 0.25) is 0 Å². The molecule has 0 fully saturated rings. The molecule has 0 aliphatic carbocycles. The number of hydrogen-bond acceptors (Lipinski definition) is 4. The monoisotopic (exact) mass is 333 g/mol. The molecule has 0 aliphatic heterocycles. The predicted octanol–water partition coefficient (Wildman–Crippen LogP) is 3.92. The minimum atomic E-state index is -3.42. The zero-order chi connectivity index (χ0) is 15.6. The van der Waals surface area contributed by atoms with Gasteiger partial charge in [0.05, 0.1) is 16.3 Å². The van der Waals surface area contributed by atoms with Crippen LogP contribution in [0.3, 0.4) is 0 Å². The lowest BCUT2D eigenvalue weighted by molar-refractivity contribution is 0.595. The van der Waals surface area contributed by atoms with Crippen molar-refractivity contribution in [1.82, 2.24) is 4.98 Å². The Kier molecular flexibility index (Phi) is 4.04. The van der Waals surface area contributed by atoms with Gasteiger partial charge in [0.2, 0.25) is 0 Å². The summed E-state index contributed by atoms with van der Waals surface area (Å²) in [6, 6.07) is 14.4. The fraction of sp³-hybridized carbons (Fsp3) is 0.0625. The first kappa shape index (κ1) is 14.9. The third kappa shape index (κ3) is 3.23. The Morgan fingerprint density at radius 3 is 2.55 bits per heavy atom. The van der Waals surface area contributed by atoms with Gasteiger partial charge in [-0.3, -0.25) is 0 Å². The Balaban J connectivity index is 1.86. The van der Waals surface area contributed by atoms with Crippen molar-refractivity contribution >= 4 is 21.2 Å². The van der Waals surface area contributed by atoms with Gasteiger partial charge in [-0.05, 0) is 24.3 Å². The Labute approximate surface area is 132 Å². The molecule has 3 rings (SSSR count). The molecule has 1 aromatic heterocycles. The summed E-state index contributed by atoms with van der Waals surface area (Å²) in [5.41, 5.74) is 1.11. The third-order valence-corrected chi connectivity index (χ3v) is 5.67. The van der Waals surface area contributed by atoms with Crippen molar-refractivity contribution in [3.05, 3.63) is 71.5 Å². The second-order valence-electron chi connectivity index (χ2n) is 4.73. The summed E-state index contributed by atoms with van der Waals surface area (Å²) in [6.45, 7) is 0. The summed E-state index contributed by atoms with van der Waals surface area (Å²) < 4.78 is 37.8. The van der Waals surface area contributed by atoms with Crippen LogP contribution in [-0.2, 0) is 15.6 Å². The van der Waals surface area contributed by atoms with Crippen LogP contribution in [0.25, 0.3) is 10.6 Å². The van der Waals surface area contributed by atoms with Crippen molar-refractivity contribution in [1.29, 1.82) is 0 Å². The fourth-order valence-electron chi connectivity index (χ4n) is 2.03. The van der Waals surface area contributed by atoms with Gasteiger partial charge in [0.1, 0.15) is 10.8 Å². The van der Waals surface area contributed by atoms with Crippen LogP contribution in [0.5, 0.6) is 0 Å². The largest absolute Gasteiger partial charge is 0.240 e. The highest BCUT2D eigenvalue weighted by molar-refractivity contribution is 7.90. The molecule has 0 N–H and O–H groups in total. The van der Waals surface area contributed by atoms with Crippen molar-refractivity contribution in [3.63, 3.8) is 0 Å². The molecular weight excluding hydrogens is 321 g/mol. The fourth-order valence-corrected chi connectivity index (χ4v) is 4.23. The Morgan fingerprint density at radius 2 is 1.82 bits per heavy atom. The van der Waals surface area contributed by atoms with E-state index in [9.17, 15) is 12.8 Å². The number of halogens is 1. The molecule has 112 valence electrons. The van der Waals surface area contributed by atoms with Crippen molar-refractivity contribution in [2.24, 2.45) is 0 Å². The van der Waals surface area contributed by atoms with Crippen LogP contribution in [0, 0.1) is 5.82 Å². The van der Waals surface area contributed by atoms with Gasteiger partial charge in [0.25, 0.3) is 0 Å². The molecule has 0 saturated carbocycles. The normalized spacial score (nSPS) is 11.5. The highest BCUT2D eigenvalue weighted by atomic mass is 32.2. The molecular formula is C16H12FNO2S2. The van der Waals surface area contributed by atoms with E-state index in [1.807, 2.05) is 0 Å². The van der Waals surface area contributed by atoms with Crippen LogP contribution < -0.4 is 0 Å². The minimum Gasteiger partial charge on any atom is -0.240 e. The van der Waals surface area contributed by atoms with E-state index < -0.39 is 9.84 Å². The second kappa shape index (κ2) is 5.98. The zero-order valence-electron chi connectivity index (χ0n) is 11.4. The van der Waals surface area contributed by atoms with Gasteiger partial charge in [0, 0.05) is 10.9 Å². The highest BCUT2D eigenvalue weighted by Gasteiger charge is 2.17. The molecule has 0 atom stereocenters. The number of aromatic nitrogens is 1. The van der Waals surface area contributed by atoms with Crippen molar-refractivity contribution in [2.75, 3.05) is 0 Å². The molecule has 0 spiro atoms. The van der Waals surface area contributed by atoms with Crippen molar-refractivity contribution < 1.29 is 12.8 Å². The van der Waals surface area contributed by atoms with E-state index in [0.717, 1.165) is 0 Å². The molecule has 6 heteroatoms. The van der Waals surface area contributed by atoms with E-state index in [2.05, 4.69) is 4.98 Å². The van der Waals surface area contributed by atoms with E-state index in [4.69, 9.17) is 0 Å². The first-order valence-electron chi connectivity index (χ1n) is 6.53. The minimum absolute atomic E-state index is 0.164. The van der Waals surface area contributed by atoms with Crippen LogP contribution in [0.1, 0.15) is 5.69 Å². The van der Waals surface area contributed by atoms with Gasteiger partial charge in [0.15, 0.2) is 9.84 Å². The van der Waals surface area contributed by atoms with E-state index in [1.165, 1.54) is 23.5 Å². The second-order valence-corrected chi connectivity index (χ2v) is 7.57. The summed E-state index contributed by atoms with van der Waals surface area (Å²) >= 11 is 1.31. The van der Waals surface area contributed by atoms with Gasteiger partial charge in [-0.15, -0.1) is 11.3 Å². The van der Waals surface area contributed by atoms with Crippen molar-refractivity contribution in [2.45, 2.75) is 10.6 Å². The number of rotatable bonds is 4. The van der Waals surface area contributed by atoms with Gasteiger partial charge >= 0.3 is 0 Å². The van der Waals surface area contributed by atoms with Crippen LogP contribution in [0.15, 0.2) is 64.9 Å². The molecule has 3 aromatic rings. The molecule has 0 bridgehead atoms.